The summed E-state index contributed by atoms with van der Waals surface area (Å²) in [5.74, 6) is 1.75. The Morgan fingerprint density at radius 3 is 2.72 bits per heavy atom. The van der Waals surface area contributed by atoms with E-state index >= 15 is 0 Å². The van der Waals surface area contributed by atoms with Crippen LogP contribution in [0.2, 0.25) is 0 Å². The molecular weight excluding hydrogens is 498 g/mol. The SMILES string of the molecule is CCn1c(SCC(=O)N/N=C\c2cc(Br)ccc2O)nnc1-c1ccc(OC)c(OC)c1. The summed E-state index contributed by atoms with van der Waals surface area (Å²) in [5, 5.41) is 22.8. The highest BCUT2D eigenvalue weighted by atomic mass is 79.9. The van der Waals surface area contributed by atoms with Crippen molar-refractivity contribution in [3.63, 3.8) is 0 Å². The molecule has 3 aromatic rings. The van der Waals surface area contributed by atoms with Crippen LogP contribution in [0, 0.1) is 0 Å². The van der Waals surface area contributed by atoms with E-state index < -0.39 is 0 Å². The Kier molecular flexibility index (Phi) is 8.12. The van der Waals surface area contributed by atoms with Gasteiger partial charge in [0.15, 0.2) is 22.5 Å². The summed E-state index contributed by atoms with van der Waals surface area (Å²) in [6.45, 7) is 2.60. The first kappa shape index (κ1) is 23.6. The number of phenols is 1. The number of carbonyl (C=O) groups excluding carboxylic acids is 1. The Hall–Kier alpha value is -3.05. The minimum atomic E-state index is -0.306. The predicted molar refractivity (Wildman–Crippen MR) is 127 cm³/mol. The van der Waals surface area contributed by atoms with Crippen molar-refractivity contribution in [3.05, 3.63) is 46.4 Å². The van der Waals surface area contributed by atoms with Gasteiger partial charge in [-0.15, -0.1) is 10.2 Å². The van der Waals surface area contributed by atoms with E-state index in [4.69, 9.17) is 9.47 Å². The fraction of sp³-hybridized carbons (Fsp3) is 0.238. The number of methoxy groups -OCH3 is 2. The number of amides is 1. The lowest BCUT2D eigenvalue weighted by molar-refractivity contribution is -0.118. The van der Waals surface area contributed by atoms with E-state index in [2.05, 4.69) is 36.7 Å². The third kappa shape index (κ3) is 5.60. The number of ether oxygens (including phenoxy) is 2. The summed E-state index contributed by atoms with van der Waals surface area (Å²) in [6, 6.07) is 10.5. The molecule has 2 aromatic carbocycles. The van der Waals surface area contributed by atoms with Crippen molar-refractivity contribution in [2.45, 2.75) is 18.6 Å². The van der Waals surface area contributed by atoms with E-state index in [1.165, 1.54) is 24.0 Å². The second kappa shape index (κ2) is 11.0. The minimum absolute atomic E-state index is 0.0688. The fourth-order valence-electron chi connectivity index (χ4n) is 2.83. The number of thioether (sulfide) groups is 1. The molecule has 1 heterocycles. The van der Waals surface area contributed by atoms with Gasteiger partial charge in [0.2, 0.25) is 0 Å². The molecule has 0 atom stereocenters. The monoisotopic (exact) mass is 519 g/mol. The van der Waals surface area contributed by atoms with Crippen LogP contribution in [-0.2, 0) is 11.3 Å². The van der Waals surface area contributed by atoms with Gasteiger partial charge in [-0.2, -0.15) is 5.10 Å². The van der Waals surface area contributed by atoms with Gasteiger partial charge in [-0.25, -0.2) is 5.43 Å². The van der Waals surface area contributed by atoms with Crippen LogP contribution in [0.1, 0.15) is 12.5 Å². The maximum atomic E-state index is 12.2. The molecule has 0 spiro atoms. The molecule has 9 nitrogen and oxygen atoms in total. The number of rotatable bonds is 9. The van der Waals surface area contributed by atoms with E-state index in [1.807, 2.05) is 29.7 Å². The van der Waals surface area contributed by atoms with Crippen LogP contribution in [0.4, 0.5) is 0 Å². The molecule has 0 fully saturated rings. The van der Waals surface area contributed by atoms with Gasteiger partial charge in [0.1, 0.15) is 5.75 Å². The van der Waals surface area contributed by atoms with Crippen LogP contribution in [0.5, 0.6) is 17.2 Å². The number of nitrogens with one attached hydrogen (secondary N) is 1. The molecule has 168 valence electrons. The normalized spacial score (nSPS) is 11.0. The number of hydrogen-bond donors (Lipinski definition) is 2. The third-order valence-corrected chi connectivity index (χ3v) is 5.85. The zero-order chi connectivity index (χ0) is 23.1. The molecule has 1 amide bonds. The highest BCUT2D eigenvalue weighted by Crippen LogP contribution is 2.32. The Morgan fingerprint density at radius 2 is 2.00 bits per heavy atom. The first-order valence-electron chi connectivity index (χ1n) is 9.55. The van der Waals surface area contributed by atoms with E-state index in [-0.39, 0.29) is 17.4 Å². The Labute approximate surface area is 198 Å². The van der Waals surface area contributed by atoms with Crippen LogP contribution in [0.25, 0.3) is 11.4 Å². The first-order valence-corrected chi connectivity index (χ1v) is 11.3. The number of halogens is 1. The van der Waals surface area contributed by atoms with Crippen LogP contribution in [0.3, 0.4) is 0 Å². The summed E-state index contributed by atoms with van der Waals surface area (Å²) in [5.41, 5.74) is 3.76. The lowest BCUT2D eigenvalue weighted by Gasteiger charge is -2.10. The highest BCUT2D eigenvalue weighted by Gasteiger charge is 2.16. The maximum Gasteiger partial charge on any atom is 0.250 e. The van der Waals surface area contributed by atoms with Crippen molar-refractivity contribution < 1.29 is 19.4 Å². The molecule has 0 radical (unpaired) electrons. The predicted octanol–water partition coefficient (Wildman–Crippen LogP) is 3.69. The zero-order valence-electron chi connectivity index (χ0n) is 17.7. The molecule has 0 unspecified atom stereocenters. The van der Waals surface area contributed by atoms with E-state index in [9.17, 15) is 9.90 Å². The number of aromatic hydroxyl groups is 1. The van der Waals surface area contributed by atoms with Crippen molar-refractivity contribution in [1.82, 2.24) is 20.2 Å². The van der Waals surface area contributed by atoms with Gasteiger partial charge in [-0.1, -0.05) is 27.7 Å². The number of nitrogens with zero attached hydrogens (tertiary/aromatic N) is 4. The van der Waals surface area contributed by atoms with Crippen molar-refractivity contribution in [2.75, 3.05) is 20.0 Å². The van der Waals surface area contributed by atoms with Gasteiger partial charge >= 0.3 is 0 Å². The van der Waals surface area contributed by atoms with Gasteiger partial charge in [0.05, 0.1) is 26.2 Å². The number of hydrogen-bond acceptors (Lipinski definition) is 8. The van der Waals surface area contributed by atoms with Gasteiger partial charge in [0, 0.05) is 22.1 Å². The van der Waals surface area contributed by atoms with Gasteiger partial charge < -0.3 is 19.1 Å². The molecule has 0 aliphatic rings. The van der Waals surface area contributed by atoms with E-state index in [0.29, 0.717) is 34.6 Å². The molecule has 0 saturated heterocycles. The van der Waals surface area contributed by atoms with Crippen LogP contribution in [-0.4, -0.2) is 52.0 Å². The lowest BCUT2D eigenvalue weighted by atomic mass is 10.2. The van der Waals surface area contributed by atoms with Crippen molar-refractivity contribution in [1.29, 1.82) is 0 Å². The molecular formula is C21H22BrN5O4S. The maximum absolute atomic E-state index is 12.2. The first-order chi connectivity index (χ1) is 15.5. The topological polar surface area (TPSA) is 111 Å². The lowest BCUT2D eigenvalue weighted by Crippen LogP contribution is -2.20. The Morgan fingerprint density at radius 1 is 1.22 bits per heavy atom. The fourth-order valence-corrected chi connectivity index (χ4v) is 4.01. The number of aromatic nitrogens is 3. The van der Waals surface area contributed by atoms with Gasteiger partial charge in [-0.05, 0) is 43.3 Å². The van der Waals surface area contributed by atoms with Crippen LogP contribution in [0.15, 0.2) is 51.1 Å². The molecule has 11 heteroatoms. The summed E-state index contributed by atoms with van der Waals surface area (Å²) in [6.07, 6.45) is 1.38. The summed E-state index contributed by atoms with van der Waals surface area (Å²) in [4.78, 5) is 12.2. The molecule has 0 bridgehead atoms. The number of hydrazone groups is 1. The standard InChI is InChI=1S/C21H22BrN5O4S/c1-4-27-20(13-5-8-17(30-2)18(10-13)31-3)25-26-21(27)32-12-19(29)24-23-11-14-9-15(22)6-7-16(14)28/h5-11,28H,4,12H2,1-3H3,(H,24,29)/b23-11-. The van der Waals surface area contributed by atoms with E-state index in [1.54, 1.807) is 26.4 Å². The Balaban J connectivity index is 1.66. The second-order valence-corrected chi connectivity index (χ2v) is 8.26. The number of phenolic OH excluding ortho intramolecular Hbond substituents is 1. The largest absolute Gasteiger partial charge is 0.507 e. The highest BCUT2D eigenvalue weighted by molar-refractivity contribution is 9.10. The molecule has 0 saturated carbocycles. The second-order valence-electron chi connectivity index (χ2n) is 6.41. The molecule has 1 aromatic heterocycles. The van der Waals surface area contributed by atoms with E-state index in [0.717, 1.165) is 10.0 Å². The number of benzene rings is 2. The smallest absolute Gasteiger partial charge is 0.250 e. The zero-order valence-corrected chi connectivity index (χ0v) is 20.1. The summed E-state index contributed by atoms with van der Waals surface area (Å²) >= 11 is 4.58. The van der Waals surface area contributed by atoms with Crippen molar-refractivity contribution in [3.8, 4) is 28.6 Å². The summed E-state index contributed by atoms with van der Waals surface area (Å²) < 4.78 is 13.4. The quantitative estimate of drug-likeness (QED) is 0.252. The van der Waals surface area contributed by atoms with Gasteiger partial charge in [-0.3, -0.25) is 4.79 Å². The third-order valence-electron chi connectivity index (χ3n) is 4.39. The Bertz CT molecular complexity index is 1140. The van der Waals surface area contributed by atoms with Crippen LogP contribution < -0.4 is 14.9 Å². The van der Waals surface area contributed by atoms with Crippen molar-refractivity contribution in [2.24, 2.45) is 5.10 Å². The van der Waals surface area contributed by atoms with Gasteiger partial charge in [0.25, 0.3) is 5.91 Å². The molecule has 0 aliphatic heterocycles. The molecule has 2 N–H and O–H groups in total. The molecule has 32 heavy (non-hydrogen) atoms. The molecule has 0 aliphatic carbocycles. The molecule has 3 rings (SSSR count). The summed E-state index contributed by atoms with van der Waals surface area (Å²) in [7, 11) is 3.16. The number of carbonyl (C=O) groups is 1. The average Bonchev–Trinajstić information content (AvgIpc) is 3.22. The van der Waals surface area contributed by atoms with Crippen LogP contribution >= 0.6 is 27.7 Å². The average molecular weight is 520 g/mol. The van der Waals surface area contributed by atoms with Crippen molar-refractivity contribution >= 4 is 39.8 Å². The minimum Gasteiger partial charge on any atom is -0.507 e.